The molecule has 2 heterocycles. The highest BCUT2D eigenvalue weighted by Crippen LogP contribution is 2.25. The van der Waals surface area contributed by atoms with E-state index >= 15 is 0 Å². The van der Waals surface area contributed by atoms with Gasteiger partial charge in [0.05, 0.1) is 22.2 Å². The number of benzene rings is 2. The van der Waals surface area contributed by atoms with E-state index < -0.39 is 41.7 Å². The monoisotopic (exact) mass is 629 g/mol. The van der Waals surface area contributed by atoms with Crippen LogP contribution in [0.5, 0.6) is 5.75 Å². The van der Waals surface area contributed by atoms with Crippen LogP contribution in [0.3, 0.4) is 0 Å². The number of nitriles is 1. The van der Waals surface area contributed by atoms with E-state index in [1.807, 2.05) is 6.92 Å². The fourth-order valence-corrected chi connectivity index (χ4v) is 4.81. The number of halogens is 3. The third-order valence-electron chi connectivity index (χ3n) is 7.06. The van der Waals surface area contributed by atoms with Crippen molar-refractivity contribution < 1.29 is 33.0 Å². The predicted molar refractivity (Wildman–Crippen MR) is 155 cm³/mol. The molecule has 2 atom stereocenters. The van der Waals surface area contributed by atoms with Gasteiger partial charge in [0.1, 0.15) is 6.07 Å². The van der Waals surface area contributed by atoms with Crippen molar-refractivity contribution in [2.75, 3.05) is 31.6 Å². The Balaban J connectivity index is 1.26. The molecule has 0 aliphatic carbocycles. The summed E-state index contributed by atoms with van der Waals surface area (Å²) in [6.07, 6.45) is 2.07. The Bertz CT molecular complexity index is 1590. The molecule has 232 valence electrons. The average Bonchev–Trinajstić information content (AvgIpc) is 3.64. The first-order valence-corrected chi connectivity index (χ1v) is 14.0. The molecule has 1 aliphatic heterocycles. The third-order valence-corrected chi connectivity index (χ3v) is 7.37. The second-order valence-electron chi connectivity index (χ2n) is 10.1. The molecule has 15 heteroatoms. The molecular formula is C29H30ClF2N7O5. The number of ether oxygens (including phenoxy) is 1. The van der Waals surface area contributed by atoms with Gasteiger partial charge in [-0.25, -0.2) is 9.37 Å². The molecule has 0 bridgehead atoms. The molecule has 0 radical (unpaired) electrons. The van der Waals surface area contributed by atoms with Crippen LogP contribution in [0.15, 0.2) is 36.5 Å². The summed E-state index contributed by atoms with van der Waals surface area (Å²) >= 11 is 6.28. The van der Waals surface area contributed by atoms with Crippen molar-refractivity contribution in [1.82, 2.24) is 25.9 Å². The first-order chi connectivity index (χ1) is 21.0. The average molecular weight is 630 g/mol. The molecule has 1 fully saturated rings. The van der Waals surface area contributed by atoms with Crippen molar-refractivity contribution in [3.05, 3.63) is 75.8 Å². The van der Waals surface area contributed by atoms with Crippen LogP contribution in [0.1, 0.15) is 52.0 Å². The Labute approximate surface area is 256 Å². The summed E-state index contributed by atoms with van der Waals surface area (Å²) in [4.78, 5) is 44.3. The van der Waals surface area contributed by atoms with Crippen LogP contribution in [0.25, 0.3) is 0 Å². The molecular weight excluding hydrogens is 600 g/mol. The minimum Gasteiger partial charge on any atom is -0.476 e. The van der Waals surface area contributed by atoms with Crippen molar-refractivity contribution in [3.8, 4) is 11.8 Å². The topological polar surface area (TPSA) is 181 Å². The number of aromatic amines is 1. The summed E-state index contributed by atoms with van der Waals surface area (Å²) in [6, 6.07) is 7.98. The SMILES string of the molecule is CC[C@]1(O)CN[C@@H](C(=O)NCCNC(=O)c2ccc(NC(=O)c3ncc(Cc4ccc(OCC#N)c(F)c4F)[nH]3)cc2Cl)C1. The molecule has 6 N–H and O–H groups in total. The molecule has 2 aromatic carbocycles. The van der Waals surface area contributed by atoms with Gasteiger partial charge in [0.2, 0.25) is 11.7 Å². The summed E-state index contributed by atoms with van der Waals surface area (Å²) in [6.45, 7) is 2.08. The lowest BCUT2D eigenvalue weighted by atomic mass is 9.97. The standard InChI is InChI=1S/C29H30ClF2N7O5/c1-2-29(43)13-21(37-15-29)27(41)35-9-8-34-26(40)19-5-4-17(12-20(19)30)39-28(42)25-36-14-18(38-25)11-16-3-6-22(44-10-7-33)24(32)23(16)31/h3-6,12,14,21,37,43H,2,8-11,13,15H2,1H3,(H,34,40)(H,35,41)(H,36,38)(H,39,42)/t21-,29-/m1/s1. The fourth-order valence-electron chi connectivity index (χ4n) is 4.54. The van der Waals surface area contributed by atoms with Gasteiger partial charge in [-0.05, 0) is 36.2 Å². The number of nitrogens with one attached hydrogen (secondary N) is 5. The van der Waals surface area contributed by atoms with E-state index in [4.69, 9.17) is 21.6 Å². The summed E-state index contributed by atoms with van der Waals surface area (Å²) in [5.41, 5.74) is -0.144. The second kappa shape index (κ2) is 14.3. The number of hydrogen-bond acceptors (Lipinski definition) is 8. The molecule has 4 rings (SSSR count). The maximum absolute atomic E-state index is 14.4. The number of H-pyrrole nitrogens is 1. The molecule has 3 amide bonds. The highest BCUT2D eigenvalue weighted by Gasteiger charge is 2.38. The molecule has 44 heavy (non-hydrogen) atoms. The van der Waals surface area contributed by atoms with Gasteiger partial charge in [0, 0.05) is 50.1 Å². The number of amides is 3. The molecule has 3 aromatic rings. The van der Waals surface area contributed by atoms with Crippen molar-refractivity contribution in [3.63, 3.8) is 0 Å². The van der Waals surface area contributed by atoms with E-state index in [2.05, 4.69) is 31.2 Å². The van der Waals surface area contributed by atoms with Crippen molar-refractivity contribution in [2.24, 2.45) is 0 Å². The molecule has 1 aromatic heterocycles. The largest absolute Gasteiger partial charge is 0.476 e. The van der Waals surface area contributed by atoms with E-state index in [9.17, 15) is 28.3 Å². The Kier molecular flexibility index (Phi) is 10.5. The van der Waals surface area contributed by atoms with E-state index in [-0.39, 0.29) is 58.8 Å². The second-order valence-corrected chi connectivity index (χ2v) is 10.5. The lowest BCUT2D eigenvalue weighted by molar-refractivity contribution is -0.123. The van der Waals surface area contributed by atoms with Crippen LogP contribution in [-0.4, -0.2) is 70.7 Å². The maximum atomic E-state index is 14.4. The first-order valence-electron chi connectivity index (χ1n) is 13.7. The first kappa shape index (κ1) is 32.3. The fraction of sp³-hybridized carbons (Fsp3) is 0.345. The molecule has 12 nitrogen and oxygen atoms in total. The van der Waals surface area contributed by atoms with E-state index in [1.165, 1.54) is 36.5 Å². The third kappa shape index (κ3) is 7.87. The Morgan fingerprint density at radius 3 is 2.66 bits per heavy atom. The van der Waals surface area contributed by atoms with Crippen LogP contribution in [0.4, 0.5) is 14.5 Å². The summed E-state index contributed by atoms with van der Waals surface area (Å²) in [7, 11) is 0. The lowest BCUT2D eigenvalue weighted by Crippen LogP contribution is -2.43. The molecule has 0 spiro atoms. The number of imidazole rings is 1. The zero-order valence-electron chi connectivity index (χ0n) is 23.6. The molecule has 0 saturated carbocycles. The Morgan fingerprint density at radius 1 is 1.18 bits per heavy atom. The highest BCUT2D eigenvalue weighted by molar-refractivity contribution is 6.34. The number of anilines is 1. The minimum absolute atomic E-state index is 0.0130. The summed E-state index contributed by atoms with van der Waals surface area (Å²) in [5, 5.41) is 29.8. The zero-order chi connectivity index (χ0) is 31.9. The number of carbonyl (C=O) groups excluding carboxylic acids is 3. The van der Waals surface area contributed by atoms with Gasteiger partial charge in [0.25, 0.3) is 11.8 Å². The van der Waals surface area contributed by atoms with Gasteiger partial charge in [-0.3, -0.25) is 14.4 Å². The van der Waals surface area contributed by atoms with Gasteiger partial charge >= 0.3 is 0 Å². The van der Waals surface area contributed by atoms with Gasteiger partial charge in [0.15, 0.2) is 24.0 Å². The quantitative estimate of drug-likeness (QED) is 0.165. The number of carbonyl (C=O) groups is 3. The zero-order valence-corrected chi connectivity index (χ0v) is 24.4. The number of aliphatic hydroxyl groups is 1. The predicted octanol–water partition coefficient (Wildman–Crippen LogP) is 2.44. The van der Waals surface area contributed by atoms with Gasteiger partial charge in [-0.15, -0.1) is 0 Å². The van der Waals surface area contributed by atoms with E-state index in [0.29, 0.717) is 25.1 Å². The van der Waals surface area contributed by atoms with Crippen LogP contribution in [-0.2, 0) is 11.2 Å². The molecule has 1 saturated heterocycles. The van der Waals surface area contributed by atoms with Crippen LogP contribution in [0.2, 0.25) is 5.02 Å². The van der Waals surface area contributed by atoms with Gasteiger partial charge < -0.3 is 36.1 Å². The number of hydrogen-bond donors (Lipinski definition) is 6. The summed E-state index contributed by atoms with van der Waals surface area (Å²) in [5.74, 6) is -4.22. The Hall–Kier alpha value is -4.58. The summed E-state index contributed by atoms with van der Waals surface area (Å²) < 4.78 is 33.5. The van der Waals surface area contributed by atoms with E-state index in [1.54, 1.807) is 6.07 Å². The van der Waals surface area contributed by atoms with E-state index in [0.717, 1.165) is 0 Å². The lowest BCUT2D eigenvalue weighted by Gasteiger charge is -2.18. The van der Waals surface area contributed by atoms with Crippen LogP contribution in [0, 0.1) is 23.0 Å². The Morgan fingerprint density at radius 2 is 1.95 bits per heavy atom. The number of rotatable bonds is 12. The minimum atomic E-state index is -1.22. The van der Waals surface area contributed by atoms with Crippen LogP contribution < -0.4 is 26.0 Å². The number of aromatic nitrogens is 2. The number of nitrogens with zero attached hydrogens (tertiary/aromatic N) is 2. The van der Waals surface area contributed by atoms with Crippen molar-refractivity contribution >= 4 is 35.0 Å². The van der Waals surface area contributed by atoms with Crippen LogP contribution >= 0.6 is 11.6 Å². The highest BCUT2D eigenvalue weighted by atomic mass is 35.5. The smallest absolute Gasteiger partial charge is 0.291 e. The van der Waals surface area contributed by atoms with Gasteiger partial charge in [-0.2, -0.15) is 9.65 Å². The maximum Gasteiger partial charge on any atom is 0.291 e. The van der Waals surface area contributed by atoms with Crippen molar-refractivity contribution in [2.45, 2.75) is 37.8 Å². The number of β-amino-alcohol motifs (C(OH)–C–C–N with tert-alkyl or cyclic N) is 1. The normalized spacial score (nSPS) is 17.5. The van der Waals surface area contributed by atoms with Gasteiger partial charge in [-0.1, -0.05) is 24.6 Å². The van der Waals surface area contributed by atoms with Crippen molar-refractivity contribution in [1.29, 1.82) is 5.26 Å². The molecule has 1 aliphatic rings. The molecule has 0 unspecified atom stereocenters.